The van der Waals surface area contributed by atoms with E-state index in [4.69, 9.17) is 9.47 Å². The van der Waals surface area contributed by atoms with E-state index in [1.165, 1.54) is 0 Å². The van der Waals surface area contributed by atoms with E-state index >= 15 is 0 Å². The number of carbonyl (C=O) groups is 2. The minimum Gasteiger partial charge on any atom is -0.444 e. The number of allylic oxidation sites excluding steroid dienone is 1. The van der Waals surface area contributed by atoms with Crippen LogP contribution >= 0.6 is 0 Å². The first-order valence-electron chi connectivity index (χ1n) is 10.3. The van der Waals surface area contributed by atoms with Gasteiger partial charge < -0.3 is 19.3 Å². The van der Waals surface area contributed by atoms with Crippen molar-refractivity contribution < 1.29 is 19.1 Å². The lowest BCUT2D eigenvalue weighted by molar-refractivity contribution is -0.0265. The van der Waals surface area contributed by atoms with Crippen LogP contribution in [0.5, 0.6) is 0 Å². The smallest absolute Gasteiger partial charge is 0.410 e. The second-order valence-electron chi connectivity index (χ2n) is 8.98. The quantitative estimate of drug-likeness (QED) is 0.566. The summed E-state index contributed by atoms with van der Waals surface area (Å²) in [6.45, 7) is 6.91. The van der Waals surface area contributed by atoms with E-state index in [1.54, 1.807) is 12.3 Å². The summed E-state index contributed by atoms with van der Waals surface area (Å²) in [5, 5.41) is 0. The van der Waals surface area contributed by atoms with E-state index in [0.717, 1.165) is 30.4 Å². The Hall–Kier alpha value is -2.34. The Bertz CT molecular complexity index is 795. The molecule has 29 heavy (non-hydrogen) atoms. The average molecular weight is 401 g/mol. The zero-order chi connectivity index (χ0) is 21.2. The lowest BCUT2D eigenvalue weighted by Gasteiger charge is -2.36. The van der Waals surface area contributed by atoms with E-state index in [9.17, 15) is 9.59 Å². The van der Waals surface area contributed by atoms with Crippen molar-refractivity contribution in [1.29, 1.82) is 0 Å². The number of likely N-dealkylation sites (tertiary alicyclic amines) is 1. The van der Waals surface area contributed by atoms with Crippen LogP contribution in [0.15, 0.2) is 30.5 Å². The molecule has 6 heteroatoms. The summed E-state index contributed by atoms with van der Waals surface area (Å²) in [6.07, 6.45) is 5.46. The normalized spacial score (nSPS) is 21.9. The van der Waals surface area contributed by atoms with Gasteiger partial charge in [-0.3, -0.25) is 4.79 Å². The van der Waals surface area contributed by atoms with Gasteiger partial charge >= 0.3 is 6.09 Å². The molecule has 1 aromatic carbocycles. The van der Waals surface area contributed by atoms with Gasteiger partial charge in [-0.1, -0.05) is 12.1 Å². The largest absolute Gasteiger partial charge is 0.444 e. The molecule has 2 heterocycles. The highest BCUT2D eigenvalue weighted by Crippen LogP contribution is 2.37. The highest BCUT2D eigenvalue weighted by Gasteiger charge is 2.40. The van der Waals surface area contributed by atoms with Gasteiger partial charge in [0.2, 0.25) is 0 Å². The predicted octanol–water partition coefficient (Wildman–Crippen LogP) is 3.96. The third kappa shape index (κ3) is 5.18. The summed E-state index contributed by atoms with van der Waals surface area (Å²) in [7, 11) is 3.77. The van der Waals surface area contributed by atoms with Crippen LogP contribution in [-0.4, -0.2) is 60.6 Å². The van der Waals surface area contributed by atoms with E-state index in [-0.39, 0.29) is 24.0 Å². The van der Waals surface area contributed by atoms with Crippen LogP contribution in [0.3, 0.4) is 0 Å². The van der Waals surface area contributed by atoms with Crippen molar-refractivity contribution in [1.82, 2.24) is 9.80 Å². The van der Waals surface area contributed by atoms with Gasteiger partial charge in [-0.15, -0.1) is 0 Å². The Balaban J connectivity index is 1.81. The number of nitrogens with zero attached hydrogens (tertiary/aromatic N) is 2. The van der Waals surface area contributed by atoms with Crippen LogP contribution < -0.4 is 0 Å². The summed E-state index contributed by atoms with van der Waals surface area (Å²) in [6, 6.07) is 5.77. The minimum atomic E-state index is -0.523. The SMILES string of the molecule is CN(C)C=CC(=O)c1ccc2c(c1)CCO[C@@H]2C1CCCN1C(=O)OC(C)(C)C. The molecule has 0 bridgehead atoms. The van der Waals surface area contributed by atoms with Crippen molar-refractivity contribution in [3.63, 3.8) is 0 Å². The fourth-order valence-corrected chi connectivity index (χ4v) is 3.92. The molecule has 2 aliphatic rings. The average Bonchev–Trinajstić information content (AvgIpc) is 3.13. The van der Waals surface area contributed by atoms with Crippen molar-refractivity contribution >= 4 is 11.9 Å². The van der Waals surface area contributed by atoms with Crippen LogP contribution in [0.4, 0.5) is 4.79 Å². The second-order valence-corrected chi connectivity index (χ2v) is 8.98. The molecule has 1 unspecified atom stereocenters. The zero-order valence-corrected chi connectivity index (χ0v) is 18.1. The van der Waals surface area contributed by atoms with E-state index in [2.05, 4.69) is 0 Å². The molecule has 0 spiro atoms. The number of fused-ring (bicyclic) bond motifs is 1. The summed E-state index contributed by atoms with van der Waals surface area (Å²) in [5.41, 5.74) is 2.36. The number of rotatable bonds is 4. The molecule has 3 rings (SSSR count). The number of ether oxygens (including phenoxy) is 2. The summed E-state index contributed by atoms with van der Waals surface area (Å²) >= 11 is 0. The van der Waals surface area contributed by atoms with Gasteiger partial charge in [-0.2, -0.15) is 0 Å². The lowest BCUT2D eigenvalue weighted by Crippen LogP contribution is -2.44. The molecule has 6 nitrogen and oxygen atoms in total. The molecule has 1 saturated heterocycles. The standard InChI is InChI=1S/C23H32N2O4/c1-23(2,3)29-22(27)25-12-6-7-19(25)21-18-9-8-17(15-16(18)11-14-28-21)20(26)10-13-24(4)5/h8-10,13,15,19,21H,6-7,11-12,14H2,1-5H3/t19?,21-/m0/s1. The first kappa shape index (κ1) is 21.4. The molecule has 158 valence electrons. The van der Waals surface area contributed by atoms with Gasteiger partial charge in [-0.05, 0) is 57.2 Å². The number of carbonyl (C=O) groups excluding carboxylic acids is 2. The van der Waals surface area contributed by atoms with Gasteiger partial charge in [0.1, 0.15) is 11.7 Å². The molecular formula is C23H32N2O4. The Morgan fingerprint density at radius 3 is 2.72 bits per heavy atom. The number of ketones is 1. The zero-order valence-electron chi connectivity index (χ0n) is 18.1. The van der Waals surface area contributed by atoms with Crippen molar-refractivity contribution in [3.8, 4) is 0 Å². The number of amides is 1. The maximum absolute atomic E-state index is 12.7. The molecule has 0 N–H and O–H groups in total. The molecule has 2 aliphatic heterocycles. The van der Waals surface area contributed by atoms with Gasteiger partial charge in [0.15, 0.2) is 5.78 Å². The van der Waals surface area contributed by atoms with Crippen LogP contribution in [-0.2, 0) is 15.9 Å². The molecule has 0 saturated carbocycles. The Labute approximate surface area is 173 Å². The van der Waals surface area contributed by atoms with Gasteiger partial charge in [0.05, 0.1) is 12.6 Å². The van der Waals surface area contributed by atoms with E-state index in [0.29, 0.717) is 18.7 Å². The van der Waals surface area contributed by atoms with Crippen LogP contribution in [0, 0.1) is 0 Å². The summed E-state index contributed by atoms with van der Waals surface area (Å²) in [5.74, 6) is -0.0132. The molecule has 2 atom stereocenters. The molecule has 1 amide bonds. The Morgan fingerprint density at radius 2 is 2.03 bits per heavy atom. The van der Waals surface area contributed by atoms with Crippen LogP contribution in [0.25, 0.3) is 0 Å². The maximum Gasteiger partial charge on any atom is 0.410 e. The highest BCUT2D eigenvalue weighted by molar-refractivity contribution is 6.04. The van der Waals surface area contributed by atoms with Crippen molar-refractivity contribution in [2.45, 2.75) is 57.8 Å². The van der Waals surface area contributed by atoms with E-state index < -0.39 is 5.60 Å². The highest BCUT2D eigenvalue weighted by atomic mass is 16.6. The third-order valence-corrected chi connectivity index (χ3v) is 5.20. The lowest BCUT2D eigenvalue weighted by atomic mass is 9.90. The second kappa shape index (κ2) is 8.57. The molecular weight excluding hydrogens is 368 g/mol. The van der Waals surface area contributed by atoms with Crippen molar-refractivity contribution in [2.24, 2.45) is 0 Å². The number of hydrogen-bond donors (Lipinski definition) is 0. The van der Waals surface area contributed by atoms with E-state index in [1.807, 2.05) is 62.9 Å². The molecule has 0 radical (unpaired) electrons. The monoisotopic (exact) mass is 400 g/mol. The van der Waals surface area contributed by atoms with Crippen LogP contribution in [0.2, 0.25) is 0 Å². The van der Waals surface area contributed by atoms with Crippen LogP contribution in [0.1, 0.15) is 61.2 Å². The fraction of sp³-hybridized carbons (Fsp3) is 0.565. The maximum atomic E-state index is 12.7. The number of benzene rings is 1. The topological polar surface area (TPSA) is 59.1 Å². The molecule has 0 aromatic heterocycles. The molecule has 1 fully saturated rings. The first-order chi connectivity index (χ1) is 13.7. The Morgan fingerprint density at radius 1 is 1.28 bits per heavy atom. The molecule has 0 aliphatic carbocycles. The van der Waals surface area contributed by atoms with Gasteiger partial charge in [0, 0.05) is 38.5 Å². The van der Waals surface area contributed by atoms with Gasteiger partial charge in [0.25, 0.3) is 0 Å². The predicted molar refractivity (Wildman–Crippen MR) is 112 cm³/mol. The van der Waals surface area contributed by atoms with Gasteiger partial charge in [-0.25, -0.2) is 4.79 Å². The van der Waals surface area contributed by atoms with Crippen molar-refractivity contribution in [3.05, 3.63) is 47.2 Å². The third-order valence-electron chi connectivity index (χ3n) is 5.20. The fourth-order valence-electron chi connectivity index (χ4n) is 3.92. The summed E-state index contributed by atoms with van der Waals surface area (Å²) in [4.78, 5) is 28.8. The first-order valence-corrected chi connectivity index (χ1v) is 10.3. The minimum absolute atomic E-state index is 0.0132. The summed E-state index contributed by atoms with van der Waals surface area (Å²) < 4.78 is 11.7. The Kier molecular flexibility index (Phi) is 6.32. The molecule has 1 aromatic rings. The number of hydrogen-bond acceptors (Lipinski definition) is 5. The van der Waals surface area contributed by atoms with Crippen molar-refractivity contribution in [2.75, 3.05) is 27.2 Å².